The monoisotopic (exact) mass is 283 g/mol. The molecule has 0 saturated carbocycles. The van der Waals surface area contributed by atoms with Crippen molar-refractivity contribution in [1.82, 2.24) is 4.31 Å². The van der Waals surface area contributed by atoms with Crippen molar-refractivity contribution in [2.24, 2.45) is 0 Å². The molecule has 0 aromatic rings. The zero-order valence-corrected chi connectivity index (χ0v) is 11.5. The Hall–Kier alpha value is -0.330. The second kappa shape index (κ2) is 6.56. The van der Waals surface area contributed by atoms with E-state index in [9.17, 15) is 13.2 Å². The fourth-order valence-electron chi connectivity index (χ4n) is 2.03. The molecule has 17 heavy (non-hydrogen) atoms. The lowest BCUT2D eigenvalue weighted by Gasteiger charge is -2.33. The second-order valence-corrected chi connectivity index (χ2v) is 6.46. The predicted molar refractivity (Wildman–Crippen MR) is 65.5 cm³/mol. The third kappa shape index (κ3) is 4.12. The van der Waals surface area contributed by atoms with E-state index in [0.29, 0.717) is 13.0 Å². The van der Waals surface area contributed by atoms with Crippen molar-refractivity contribution >= 4 is 27.6 Å². The van der Waals surface area contributed by atoms with Crippen molar-refractivity contribution in [2.75, 3.05) is 25.3 Å². The van der Waals surface area contributed by atoms with E-state index in [1.165, 1.54) is 11.4 Å². The maximum Gasteiger partial charge on any atom is 0.307 e. The number of ether oxygens (including phenoxy) is 1. The Bertz CT molecular complexity index is 357. The maximum atomic E-state index is 12.0. The summed E-state index contributed by atoms with van der Waals surface area (Å²) in [5.74, 6) is -0.376. The summed E-state index contributed by atoms with van der Waals surface area (Å²) >= 11 is 5.49. The van der Waals surface area contributed by atoms with Gasteiger partial charge in [0.05, 0.1) is 19.3 Å². The average Bonchev–Trinajstić information content (AvgIpc) is 2.29. The first kappa shape index (κ1) is 14.7. The molecule has 7 heteroatoms. The smallest absolute Gasteiger partial charge is 0.307 e. The second-order valence-electron chi connectivity index (χ2n) is 4.05. The normalized spacial score (nSPS) is 22.4. The molecule has 5 nitrogen and oxygen atoms in total. The van der Waals surface area contributed by atoms with Gasteiger partial charge in [0, 0.05) is 18.5 Å². The summed E-state index contributed by atoms with van der Waals surface area (Å²) in [7, 11) is -2.03. The third-order valence-corrected chi connectivity index (χ3v) is 5.22. The number of sulfonamides is 1. The quantitative estimate of drug-likeness (QED) is 0.557. The van der Waals surface area contributed by atoms with Gasteiger partial charge < -0.3 is 4.74 Å². The number of carbonyl (C=O) groups is 1. The number of esters is 1. The minimum atomic E-state index is -3.34. The first-order valence-corrected chi connectivity index (χ1v) is 7.78. The standard InChI is InChI=1S/C10H18ClNO4S/c1-16-10(13)8-9-4-2-3-6-12(9)17(14,15)7-5-11/h9H,2-8H2,1H3. The first-order valence-electron chi connectivity index (χ1n) is 5.63. The Kier molecular flexibility index (Phi) is 5.69. The summed E-state index contributed by atoms with van der Waals surface area (Å²) in [4.78, 5) is 11.2. The molecule has 100 valence electrons. The van der Waals surface area contributed by atoms with Crippen LogP contribution >= 0.6 is 11.6 Å². The summed E-state index contributed by atoms with van der Waals surface area (Å²) in [6.07, 6.45) is 2.60. The number of alkyl halides is 1. The SMILES string of the molecule is COC(=O)CC1CCCCN1S(=O)(=O)CCCl. The molecule has 1 aliphatic heterocycles. The van der Waals surface area contributed by atoms with E-state index >= 15 is 0 Å². The lowest BCUT2D eigenvalue weighted by Crippen LogP contribution is -2.46. The van der Waals surface area contributed by atoms with E-state index in [4.69, 9.17) is 11.6 Å². The van der Waals surface area contributed by atoms with Crippen molar-refractivity contribution < 1.29 is 17.9 Å². The maximum absolute atomic E-state index is 12.0. The van der Waals surface area contributed by atoms with Crippen LogP contribution in [0.5, 0.6) is 0 Å². The van der Waals surface area contributed by atoms with Crippen molar-refractivity contribution in [2.45, 2.75) is 31.7 Å². The van der Waals surface area contributed by atoms with E-state index in [1.807, 2.05) is 0 Å². The van der Waals surface area contributed by atoms with Gasteiger partial charge in [0.25, 0.3) is 0 Å². The number of carbonyl (C=O) groups excluding carboxylic acids is 1. The van der Waals surface area contributed by atoms with Crippen LogP contribution in [-0.4, -0.2) is 50.0 Å². The van der Waals surface area contributed by atoms with Gasteiger partial charge in [-0.2, -0.15) is 4.31 Å². The third-order valence-electron chi connectivity index (χ3n) is 2.90. The van der Waals surface area contributed by atoms with Gasteiger partial charge in [-0.25, -0.2) is 8.42 Å². The van der Waals surface area contributed by atoms with Gasteiger partial charge in [0.15, 0.2) is 0 Å². The topological polar surface area (TPSA) is 63.7 Å². The summed E-state index contributed by atoms with van der Waals surface area (Å²) in [5, 5.41) is 0. The van der Waals surface area contributed by atoms with E-state index in [2.05, 4.69) is 4.74 Å². The van der Waals surface area contributed by atoms with E-state index < -0.39 is 10.0 Å². The van der Waals surface area contributed by atoms with Crippen LogP contribution in [0.25, 0.3) is 0 Å². The molecule has 0 N–H and O–H groups in total. The minimum Gasteiger partial charge on any atom is -0.469 e. The van der Waals surface area contributed by atoms with Crippen LogP contribution in [0.4, 0.5) is 0 Å². The summed E-state index contributed by atoms with van der Waals surface area (Å²) < 4.78 is 29.9. The minimum absolute atomic E-state index is 0.0732. The van der Waals surface area contributed by atoms with Crippen molar-refractivity contribution in [1.29, 1.82) is 0 Å². The number of rotatable bonds is 5. The summed E-state index contributed by atoms with van der Waals surface area (Å²) in [6.45, 7) is 0.473. The molecule has 0 aliphatic carbocycles. The summed E-state index contributed by atoms with van der Waals surface area (Å²) in [6, 6.07) is -0.274. The average molecular weight is 284 g/mol. The van der Waals surface area contributed by atoms with Crippen LogP contribution in [0.15, 0.2) is 0 Å². The first-order chi connectivity index (χ1) is 8.01. The van der Waals surface area contributed by atoms with Crippen molar-refractivity contribution in [3.8, 4) is 0 Å². The molecule has 1 atom stereocenters. The van der Waals surface area contributed by atoms with Crippen LogP contribution in [0.3, 0.4) is 0 Å². The van der Waals surface area contributed by atoms with Crippen LogP contribution in [-0.2, 0) is 19.6 Å². The molecule has 1 fully saturated rings. The lowest BCUT2D eigenvalue weighted by molar-refractivity contribution is -0.141. The highest BCUT2D eigenvalue weighted by molar-refractivity contribution is 7.89. The van der Waals surface area contributed by atoms with Gasteiger partial charge in [0.1, 0.15) is 0 Å². The van der Waals surface area contributed by atoms with Crippen LogP contribution in [0, 0.1) is 0 Å². The van der Waals surface area contributed by atoms with E-state index in [0.717, 1.165) is 12.8 Å². The highest BCUT2D eigenvalue weighted by Gasteiger charge is 2.33. The zero-order chi connectivity index (χ0) is 12.9. The van der Waals surface area contributed by atoms with Gasteiger partial charge in [-0.1, -0.05) is 6.42 Å². The van der Waals surface area contributed by atoms with E-state index in [1.54, 1.807) is 0 Å². The number of hydrogen-bond acceptors (Lipinski definition) is 4. The Labute approximate surface area is 107 Å². The molecule has 1 unspecified atom stereocenters. The fourth-order valence-corrected chi connectivity index (χ4v) is 4.09. The molecule has 1 heterocycles. The Morgan fingerprint density at radius 1 is 1.47 bits per heavy atom. The number of methoxy groups -OCH3 is 1. The number of nitrogens with zero attached hydrogens (tertiary/aromatic N) is 1. The number of piperidine rings is 1. The number of hydrogen-bond donors (Lipinski definition) is 0. The van der Waals surface area contributed by atoms with Gasteiger partial charge in [-0.15, -0.1) is 11.6 Å². The molecule has 0 radical (unpaired) electrons. The molecule has 0 amide bonds. The highest BCUT2D eigenvalue weighted by atomic mass is 35.5. The molecule has 1 saturated heterocycles. The van der Waals surface area contributed by atoms with Gasteiger partial charge >= 0.3 is 5.97 Å². The fraction of sp³-hybridized carbons (Fsp3) is 0.900. The molecule has 1 aliphatic rings. The van der Waals surface area contributed by atoms with Crippen LogP contribution in [0.1, 0.15) is 25.7 Å². The van der Waals surface area contributed by atoms with Gasteiger partial charge in [-0.05, 0) is 12.8 Å². The molecule has 0 spiro atoms. The van der Waals surface area contributed by atoms with Crippen molar-refractivity contribution in [3.63, 3.8) is 0 Å². The van der Waals surface area contributed by atoms with Crippen molar-refractivity contribution in [3.05, 3.63) is 0 Å². The highest BCUT2D eigenvalue weighted by Crippen LogP contribution is 2.23. The van der Waals surface area contributed by atoms with Gasteiger partial charge in [0.2, 0.25) is 10.0 Å². The predicted octanol–water partition coefficient (Wildman–Crippen LogP) is 0.973. The van der Waals surface area contributed by atoms with Crippen LogP contribution < -0.4 is 0 Å². The molecule has 0 bridgehead atoms. The largest absolute Gasteiger partial charge is 0.469 e. The van der Waals surface area contributed by atoms with E-state index in [-0.39, 0.29) is 30.1 Å². The molecular formula is C10H18ClNO4S. The van der Waals surface area contributed by atoms with Crippen LogP contribution in [0.2, 0.25) is 0 Å². The molecule has 0 aromatic carbocycles. The molecule has 0 aromatic heterocycles. The Morgan fingerprint density at radius 2 is 2.18 bits per heavy atom. The Balaban J connectivity index is 2.75. The lowest BCUT2D eigenvalue weighted by atomic mass is 10.0. The molecule has 1 rings (SSSR count). The Morgan fingerprint density at radius 3 is 2.76 bits per heavy atom. The zero-order valence-electron chi connectivity index (χ0n) is 9.89. The summed E-state index contributed by atoms with van der Waals surface area (Å²) in [5.41, 5.74) is 0. The number of halogens is 1. The molecular weight excluding hydrogens is 266 g/mol. The van der Waals surface area contributed by atoms with Gasteiger partial charge in [-0.3, -0.25) is 4.79 Å².